The number of nitrogens with two attached hydrogens (primary N) is 1. The van der Waals surface area contributed by atoms with Crippen LogP contribution in [0, 0.1) is 0 Å². The summed E-state index contributed by atoms with van der Waals surface area (Å²) in [6.07, 6.45) is 2.39. The highest BCUT2D eigenvalue weighted by Gasteiger charge is 2.28. The van der Waals surface area contributed by atoms with E-state index in [2.05, 4.69) is 12.1 Å². The summed E-state index contributed by atoms with van der Waals surface area (Å²) in [6.45, 7) is 0. The average Bonchev–Trinajstić information content (AvgIpc) is 2.06. The summed E-state index contributed by atoms with van der Waals surface area (Å²) >= 11 is 5.78. The third kappa shape index (κ3) is 1.35. The van der Waals surface area contributed by atoms with Crippen molar-refractivity contribution in [3.05, 3.63) is 34.9 Å². The van der Waals surface area contributed by atoms with Gasteiger partial charge in [-0.15, -0.1) is 0 Å². The van der Waals surface area contributed by atoms with Crippen molar-refractivity contribution in [2.75, 3.05) is 0 Å². The summed E-state index contributed by atoms with van der Waals surface area (Å²) in [5.74, 6) is 0.572. The smallest absolute Gasteiger partial charge is 0.0406 e. The van der Waals surface area contributed by atoms with Crippen LogP contribution in [0.4, 0.5) is 0 Å². The summed E-state index contributed by atoms with van der Waals surface area (Å²) in [6, 6.07) is 8.38. The average molecular weight is 182 g/mol. The van der Waals surface area contributed by atoms with Crippen molar-refractivity contribution >= 4 is 11.6 Å². The highest BCUT2D eigenvalue weighted by Crippen LogP contribution is 2.35. The molecule has 2 heteroatoms. The van der Waals surface area contributed by atoms with Crippen molar-refractivity contribution < 1.29 is 0 Å². The molecule has 1 saturated carbocycles. The zero-order chi connectivity index (χ0) is 8.55. The van der Waals surface area contributed by atoms with Crippen LogP contribution in [0.3, 0.4) is 0 Å². The second-order valence-corrected chi connectivity index (χ2v) is 3.84. The maximum Gasteiger partial charge on any atom is 0.0406 e. The normalized spacial score (nSPS) is 28.2. The highest BCUT2D eigenvalue weighted by atomic mass is 35.5. The van der Waals surface area contributed by atoms with Crippen LogP contribution >= 0.6 is 11.6 Å². The molecule has 2 N–H and O–H groups in total. The lowest BCUT2D eigenvalue weighted by atomic mass is 9.76. The molecule has 2 atom stereocenters. The molecule has 0 aromatic heterocycles. The molecule has 0 saturated heterocycles. The summed E-state index contributed by atoms with van der Waals surface area (Å²) in [7, 11) is 0. The van der Waals surface area contributed by atoms with Gasteiger partial charge >= 0.3 is 0 Å². The Kier molecular flexibility index (Phi) is 2.07. The second kappa shape index (κ2) is 3.08. The lowest BCUT2D eigenvalue weighted by Crippen LogP contribution is -2.37. The Morgan fingerprint density at radius 2 is 1.83 bits per heavy atom. The van der Waals surface area contributed by atoms with E-state index in [-0.39, 0.29) is 0 Å². The standard InChI is InChI=1S/C10H12ClN/c11-8-3-1-7(2-4-8)9-5-6-10(9)12/h1-4,9-10H,5-6,12H2. The third-order valence-electron chi connectivity index (χ3n) is 2.63. The van der Waals surface area contributed by atoms with Crippen LogP contribution in [0.5, 0.6) is 0 Å². The fraction of sp³-hybridized carbons (Fsp3) is 0.400. The highest BCUT2D eigenvalue weighted by molar-refractivity contribution is 6.30. The van der Waals surface area contributed by atoms with Gasteiger partial charge in [0.1, 0.15) is 0 Å². The Balaban J connectivity index is 2.18. The molecule has 1 aliphatic carbocycles. The topological polar surface area (TPSA) is 26.0 Å². The van der Waals surface area contributed by atoms with Gasteiger partial charge in [-0.3, -0.25) is 0 Å². The molecular formula is C10H12ClN. The molecule has 0 spiro atoms. The van der Waals surface area contributed by atoms with Crippen LogP contribution in [0.2, 0.25) is 5.02 Å². The van der Waals surface area contributed by atoms with Gasteiger partial charge in [0.05, 0.1) is 0 Å². The van der Waals surface area contributed by atoms with Crippen LogP contribution in [0.25, 0.3) is 0 Å². The Hall–Kier alpha value is -0.530. The molecule has 1 fully saturated rings. The van der Waals surface area contributed by atoms with Crippen LogP contribution in [0.1, 0.15) is 24.3 Å². The predicted octanol–water partition coefficient (Wildman–Crippen LogP) is 2.54. The van der Waals surface area contributed by atoms with Crippen molar-refractivity contribution in [1.29, 1.82) is 0 Å². The number of hydrogen-bond acceptors (Lipinski definition) is 1. The zero-order valence-electron chi connectivity index (χ0n) is 6.83. The van der Waals surface area contributed by atoms with E-state index in [9.17, 15) is 0 Å². The fourth-order valence-electron chi connectivity index (χ4n) is 1.65. The van der Waals surface area contributed by atoms with Crippen LogP contribution in [-0.2, 0) is 0 Å². The molecule has 1 aromatic rings. The van der Waals surface area contributed by atoms with Crippen molar-refractivity contribution in [2.24, 2.45) is 5.73 Å². The maximum atomic E-state index is 5.86. The van der Waals surface area contributed by atoms with E-state index in [0.29, 0.717) is 12.0 Å². The van der Waals surface area contributed by atoms with Gasteiger partial charge in [0.15, 0.2) is 0 Å². The molecule has 1 aromatic carbocycles. The molecule has 0 aliphatic heterocycles. The molecule has 0 heterocycles. The van der Waals surface area contributed by atoms with E-state index >= 15 is 0 Å². The van der Waals surface area contributed by atoms with Gasteiger partial charge in [-0.2, -0.15) is 0 Å². The van der Waals surface area contributed by atoms with E-state index in [1.54, 1.807) is 0 Å². The van der Waals surface area contributed by atoms with Gasteiger partial charge in [-0.25, -0.2) is 0 Å². The van der Waals surface area contributed by atoms with Crippen LogP contribution in [-0.4, -0.2) is 6.04 Å². The van der Waals surface area contributed by atoms with E-state index < -0.39 is 0 Å². The zero-order valence-corrected chi connectivity index (χ0v) is 7.59. The third-order valence-corrected chi connectivity index (χ3v) is 2.88. The molecule has 1 nitrogen and oxygen atoms in total. The van der Waals surface area contributed by atoms with E-state index in [4.69, 9.17) is 17.3 Å². The molecule has 0 radical (unpaired) electrons. The SMILES string of the molecule is NC1CCC1c1ccc(Cl)cc1. The molecule has 0 amide bonds. The monoisotopic (exact) mass is 181 g/mol. The number of benzene rings is 1. The minimum Gasteiger partial charge on any atom is -0.327 e. The quantitative estimate of drug-likeness (QED) is 0.708. The summed E-state index contributed by atoms with van der Waals surface area (Å²) < 4.78 is 0. The van der Waals surface area contributed by atoms with Crippen LogP contribution < -0.4 is 5.73 Å². The van der Waals surface area contributed by atoms with Crippen molar-refractivity contribution in [2.45, 2.75) is 24.8 Å². The minimum absolute atomic E-state index is 0.367. The van der Waals surface area contributed by atoms with Gasteiger partial charge in [0.2, 0.25) is 0 Å². The van der Waals surface area contributed by atoms with Crippen molar-refractivity contribution in [3.63, 3.8) is 0 Å². The lowest BCUT2D eigenvalue weighted by molar-refractivity contribution is 0.347. The summed E-state index contributed by atoms with van der Waals surface area (Å²) in [4.78, 5) is 0. The predicted molar refractivity (Wildman–Crippen MR) is 51.4 cm³/mol. The molecule has 2 rings (SSSR count). The molecule has 64 valence electrons. The van der Waals surface area contributed by atoms with Gasteiger partial charge in [-0.1, -0.05) is 23.7 Å². The van der Waals surface area contributed by atoms with Gasteiger partial charge in [-0.05, 0) is 36.5 Å². The van der Waals surface area contributed by atoms with E-state index in [1.165, 1.54) is 12.0 Å². The molecule has 12 heavy (non-hydrogen) atoms. The number of hydrogen-bond donors (Lipinski definition) is 1. The fourth-order valence-corrected chi connectivity index (χ4v) is 1.78. The molecule has 1 aliphatic rings. The largest absolute Gasteiger partial charge is 0.327 e. The Labute approximate surface area is 77.5 Å². The Morgan fingerprint density at radius 1 is 1.17 bits per heavy atom. The first kappa shape index (κ1) is 8.09. The first-order valence-corrected chi connectivity index (χ1v) is 4.66. The molecule has 2 unspecified atom stereocenters. The summed E-state index contributed by atoms with van der Waals surface area (Å²) in [5, 5.41) is 0.798. The first-order valence-electron chi connectivity index (χ1n) is 4.28. The van der Waals surface area contributed by atoms with Crippen LogP contribution in [0.15, 0.2) is 24.3 Å². The van der Waals surface area contributed by atoms with Crippen molar-refractivity contribution in [1.82, 2.24) is 0 Å². The van der Waals surface area contributed by atoms with Gasteiger partial charge in [0.25, 0.3) is 0 Å². The van der Waals surface area contributed by atoms with Gasteiger partial charge < -0.3 is 5.73 Å². The Morgan fingerprint density at radius 3 is 2.25 bits per heavy atom. The lowest BCUT2D eigenvalue weighted by Gasteiger charge is -2.33. The number of rotatable bonds is 1. The molecule has 0 bridgehead atoms. The molecular weight excluding hydrogens is 170 g/mol. The maximum absolute atomic E-state index is 5.86. The van der Waals surface area contributed by atoms with E-state index in [0.717, 1.165) is 11.4 Å². The van der Waals surface area contributed by atoms with E-state index in [1.807, 2.05) is 12.1 Å². The minimum atomic E-state index is 0.367. The first-order chi connectivity index (χ1) is 5.77. The van der Waals surface area contributed by atoms with Crippen molar-refractivity contribution in [3.8, 4) is 0 Å². The second-order valence-electron chi connectivity index (χ2n) is 3.40. The summed E-state index contributed by atoms with van der Waals surface area (Å²) in [5.41, 5.74) is 7.19. The number of halogens is 1. The Bertz CT molecular complexity index is 268. The van der Waals surface area contributed by atoms with Gasteiger partial charge in [0, 0.05) is 11.1 Å².